The van der Waals surface area contributed by atoms with Gasteiger partial charge >= 0.3 is 0 Å². The molecule has 0 fully saturated rings. The highest BCUT2D eigenvalue weighted by Gasteiger charge is 2.00. The molecule has 0 aliphatic rings. The van der Waals surface area contributed by atoms with E-state index in [0.29, 0.717) is 34.7 Å². The van der Waals surface area contributed by atoms with Crippen LogP contribution in [0, 0.1) is 0 Å². The first kappa shape index (κ1) is 14.8. The van der Waals surface area contributed by atoms with E-state index in [0.717, 1.165) is 12.2 Å². The molecule has 0 aliphatic carbocycles. The largest absolute Gasteiger partial charge is 0.493 e. The lowest BCUT2D eigenvalue weighted by Crippen LogP contribution is -2.05. The SMILES string of the molecule is Nc1cccc(OCCCOc2cc(Cl)cc(Cl)c2)c1. The highest BCUT2D eigenvalue weighted by atomic mass is 35.5. The molecular formula is C15H15Cl2NO2. The van der Waals surface area contributed by atoms with Crippen molar-refractivity contribution >= 4 is 28.9 Å². The summed E-state index contributed by atoms with van der Waals surface area (Å²) in [6, 6.07) is 12.5. The Balaban J connectivity index is 1.71. The van der Waals surface area contributed by atoms with Gasteiger partial charge < -0.3 is 15.2 Å². The number of benzene rings is 2. The minimum atomic E-state index is 0.527. The van der Waals surface area contributed by atoms with Crippen molar-refractivity contribution in [1.29, 1.82) is 0 Å². The fraction of sp³-hybridized carbons (Fsp3) is 0.200. The zero-order chi connectivity index (χ0) is 14.4. The summed E-state index contributed by atoms with van der Waals surface area (Å²) >= 11 is 11.8. The number of nitrogen functional groups attached to an aromatic ring is 1. The van der Waals surface area contributed by atoms with Gasteiger partial charge in [-0.3, -0.25) is 0 Å². The maximum Gasteiger partial charge on any atom is 0.122 e. The van der Waals surface area contributed by atoms with Gasteiger partial charge in [-0.25, -0.2) is 0 Å². The van der Waals surface area contributed by atoms with Crippen LogP contribution in [-0.4, -0.2) is 13.2 Å². The van der Waals surface area contributed by atoms with Gasteiger partial charge in [-0.2, -0.15) is 0 Å². The average molecular weight is 312 g/mol. The van der Waals surface area contributed by atoms with Crippen LogP contribution in [0.4, 0.5) is 5.69 Å². The zero-order valence-corrected chi connectivity index (χ0v) is 12.3. The summed E-state index contributed by atoms with van der Waals surface area (Å²) in [5.74, 6) is 1.42. The summed E-state index contributed by atoms with van der Waals surface area (Å²) in [7, 11) is 0. The molecule has 0 aromatic heterocycles. The topological polar surface area (TPSA) is 44.5 Å². The summed E-state index contributed by atoms with van der Waals surface area (Å²) in [6.45, 7) is 1.08. The van der Waals surface area contributed by atoms with Gasteiger partial charge in [-0.15, -0.1) is 0 Å². The number of halogens is 2. The van der Waals surface area contributed by atoms with Crippen LogP contribution in [0.1, 0.15) is 6.42 Å². The number of rotatable bonds is 6. The van der Waals surface area contributed by atoms with E-state index in [-0.39, 0.29) is 0 Å². The highest BCUT2D eigenvalue weighted by molar-refractivity contribution is 6.34. The molecule has 0 saturated heterocycles. The molecule has 0 radical (unpaired) electrons. The Hall–Kier alpha value is -1.58. The van der Waals surface area contributed by atoms with Crippen LogP contribution in [0.25, 0.3) is 0 Å². The maximum atomic E-state index is 5.88. The van der Waals surface area contributed by atoms with Crippen LogP contribution in [0.15, 0.2) is 42.5 Å². The van der Waals surface area contributed by atoms with Crippen LogP contribution < -0.4 is 15.2 Å². The third kappa shape index (κ3) is 4.83. The minimum absolute atomic E-state index is 0.527. The number of ether oxygens (including phenoxy) is 2. The molecule has 3 nitrogen and oxygen atoms in total. The molecule has 2 N–H and O–H groups in total. The summed E-state index contributed by atoms with van der Waals surface area (Å²) in [5.41, 5.74) is 6.35. The Morgan fingerprint density at radius 1 is 0.850 bits per heavy atom. The van der Waals surface area contributed by atoms with E-state index in [9.17, 15) is 0 Å². The second kappa shape index (κ2) is 7.27. The first-order chi connectivity index (χ1) is 9.63. The number of anilines is 1. The van der Waals surface area contributed by atoms with Crippen LogP contribution in [0.2, 0.25) is 10.0 Å². The second-order valence-corrected chi connectivity index (χ2v) is 5.10. The van der Waals surface area contributed by atoms with Crippen molar-refractivity contribution in [3.63, 3.8) is 0 Å². The van der Waals surface area contributed by atoms with Gasteiger partial charge in [0.1, 0.15) is 11.5 Å². The fourth-order valence-electron chi connectivity index (χ4n) is 1.66. The van der Waals surface area contributed by atoms with Gasteiger partial charge in [0.05, 0.1) is 13.2 Å². The summed E-state index contributed by atoms with van der Waals surface area (Å²) in [6.07, 6.45) is 0.749. The standard InChI is InChI=1S/C15H15Cl2NO2/c16-11-7-12(17)9-15(8-11)20-6-2-5-19-14-4-1-3-13(18)10-14/h1,3-4,7-10H,2,5-6,18H2. The number of nitrogens with two attached hydrogens (primary N) is 1. The molecule has 2 rings (SSSR count). The second-order valence-electron chi connectivity index (χ2n) is 4.23. The molecule has 0 saturated carbocycles. The lowest BCUT2D eigenvalue weighted by atomic mass is 10.3. The van der Waals surface area contributed by atoms with Gasteiger partial charge in [0.15, 0.2) is 0 Å². The van der Waals surface area contributed by atoms with Crippen molar-refractivity contribution in [2.24, 2.45) is 0 Å². The molecule has 2 aromatic rings. The van der Waals surface area contributed by atoms with E-state index in [1.807, 2.05) is 18.2 Å². The Morgan fingerprint density at radius 2 is 1.50 bits per heavy atom. The van der Waals surface area contributed by atoms with Crippen molar-refractivity contribution < 1.29 is 9.47 Å². The summed E-state index contributed by atoms with van der Waals surface area (Å²) < 4.78 is 11.1. The molecule has 2 aromatic carbocycles. The van der Waals surface area contributed by atoms with Gasteiger partial charge in [-0.1, -0.05) is 29.3 Å². The number of hydrogen-bond donors (Lipinski definition) is 1. The molecule has 0 bridgehead atoms. The summed E-state index contributed by atoms with van der Waals surface area (Å²) in [4.78, 5) is 0. The Labute approximate surface area is 128 Å². The number of hydrogen-bond acceptors (Lipinski definition) is 3. The molecule has 0 unspecified atom stereocenters. The molecule has 0 amide bonds. The molecule has 106 valence electrons. The monoisotopic (exact) mass is 311 g/mol. The third-order valence-electron chi connectivity index (χ3n) is 2.52. The van der Waals surface area contributed by atoms with Crippen molar-refractivity contribution in [2.45, 2.75) is 6.42 Å². The zero-order valence-electron chi connectivity index (χ0n) is 10.8. The van der Waals surface area contributed by atoms with E-state index < -0.39 is 0 Å². The van der Waals surface area contributed by atoms with E-state index in [1.54, 1.807) is 24.3 Å². The lowest BCUT2D eigenvalue weighted by molar-refractivity contribution is 0.247. The van der Waals surface area contributed by atoms with Crippen LogP contribution in [-0.2, 0) is 0 Å². The molecule has 5 heteroatoms. The predicted molar refractivity (Wildman–Crippen MR) is 82.9 cm³/mol. The molecule has 0 spiro atoms. The van der Waals surface area contributed by atoms with Crippen LogP contribution >= 0.6 is 23.2 Å². The minimum Gasteiger partial charge on any atom is -0.493 e. The van der Waals surface area contributed by atoms with Gasteiger partial charge in [0.25, 0.3) is 0 Å². The average Bonchev–Trinajstić information content (AvgIpc) is 2.37. The van der Waals surface area contributed by atoms with E-state index in [2.05, 4.69) is 0 Å². The smallest absolute Gasteiger partial charge is 0.122 e. The predicted octanol–water partition coefficient (Wildman–Crippen LogP) is 4.42. The third-order valence-corrected chi connectivity index (χ3v) is 2.96. The quantitative estimate of drug-likeness (QED) is 0.634. The lowest BCUT2D eigenvalue weighted by Gasteiger charge is -2.09. The van der Waals surface area contributed by atoms with E-state index in [1.165, 1.54) is 0 Å². The van der Waals surface area contributed by atoms with Crippen molar-refractivity contribution in [2.75, 3.05) is 18.9 Å². The van der Waals surface area contributed by atoms with Crippen molar-refractivity contribution in [1.82, 2.24) is 0 Å². The van der Waals surface area contributed by atoms with Crippen molar-refractivity contribution in [3.05, 3.63) is 52.5 Å². The normalized spacial score (nSPS) is 10.3. The van der Waals surface area contributed by atoms with Gasteiger partial charge in [0.2, 0.25) is 0 Å². The Kier molecular flexibility index (Phi) is 5.39. The maximum absolute atomic E-state index is 5.88. The Bertz CT molecular complexity index is 555. The van der Waals surface area contributed by atoms with E-state index in [4.69, 9.17) is 38.4 Å². The highest BCUT2D eigenvalue weighted by Crippen LogP contribution is 2.24. The molecule has 0 heterocycles. The summed E-state index contributed by atoms with van der Waals surface area (Å²) in [5, 5.41) is 1.12. The molecule has 0 atom stereocenters. The fourth-order valence-corrected chi connectivity index (χ4v) is 2.16. The van der Waals surface area contributed by atoms with Gasteiger partial charge in [-0.05, 0) is 30.3 Å². The van der Waals surface area contributed by atoms with Crippen LogP contribution in [0.5, 0.6) is 11.5 Å². The van der Waals surface area contributed by atoms with Crippen molar-refractivity contribution in [3.8, 4) is 11.5 Å². The first-order valence-electron chi connectivity index (χ1n) is 6.21. The first-order valence-corrected chi connectivity index (χ1v) is 6.96. The van der Waals surface area contributed by atoms with Crippen LogP contribution in [0.3, 0.4) is 0 Å². The van der Waals surface area contributed by atoms with E-state index >= 15 is 0 Å². The molecule has 20 heavy (non-hydrogen) atoms. The Morgan fingerprint density at radius 3 is 2.15 bits per heavy atom. The van der Waals surface area contributed by atoms with Gasteiger partial charge in [0, 0.05) is 28.2 Å². The molecular weight excluding hydrogens is 297 g/mol. The molecule has 0 aliphatic heterocycles.